The van der Waals surface area contributed by atoms with E-state index in [0.29, 0.717) is 0 Å². The van der Waals surface area contributed by atoms with Crippen molar-refractivity contribution in [1.82, 2.24) is 0 Å². The summed E-state index contributed by atoms with van der Waals surface area (Å²) in [5.41, 5.74) is 0. The number of nitrogens with zero attached hydrogens (tertiary/aromatic N) is 2. The van der Waals surface area contributed by atoms with Crippen molar-refractivity contribution in [2.45, 2.75) is 0 Å². The molecule has 0 bridgehead atoms. The topological polar surface area (TPSA) is 132 Å². The summed E-state index contributed by atoms with van der Waals surface area (Å²) in [6, 6.07) is 0. The molecule has 0 aromatic rings. The van der Waals surface area contributed by atoms with Gasteiger partial charge >= 0.3 is 54.2 Å². The molecular formula is H2CaN2NiO6. The van der Waals surface area contributed by atoms with Gasteiger partial charge in [0.25, 0.3) is 0 Å². The van der Waals surface area contributed by atoms with Crippen LogP contribution in [-0.2, 0) is 16.5 Å². The summed E-state index contributed by atoms with van der Waals surface area (Å²) in [7, 11) is 0. The van der Waals surface area contributed by atoms with Crippen LogP contribution in [0.15, 0.2) is 0 Å². The smallest absolute Gasteiger partial charge is 1.00 e. The van der Waals surface area contributed by atoms with Crippen molar-refractivity contribution in [3.05, 3.63) is 30.6 Å². The van der Waals surface area contributed by atoms with Gasteiger partial charge in [-0.05, 0) is 0 Å². The molecule has 0 aliphatic rings. The van der Waals surface area contributed by atoms with Gasteiger partial charge in [-0.3, -0.25) is 0 Å². The van der Waals surface area contributed by atoms with E-state index in [1.54, 1.807) is 0 Å². The summed E-state index contributed by atoms with van der Waals surface area (Å²) in [5, 5.41) is 29.5. The Morgan fingerprint density at radius 3 is 0.900 bits per heavy atom. The second-order valence-corrected chi connectivity index (χ2v) is 0.447. The SMILES string of the molecule is O=[N+]([O-])[O-].O=[N+]([O-])[O-].[Ca+2].[H-].[H-].[Ni+2]. The minimum Gasteiger partial charge on any atom is -1.00 e. The zero-order valence-electron chi connectivity index (χ0n) is 6.37. The van der Waals surface area contributed by atoms with Gasteiger partial charge in [-0.2, -0.15) is 0 Å². The fourth-order valence-corrected chi connectivity index (χ4v) is 0. The van der Waals surface area contributed by atoms with Gasteiger partial charge in [-0.15, -0.1) is 0 Å². The van der Waals surface area contributed by atoms with E-state index in [-0.39, 0.29) is 57.1 Å². The molecule has 0 aromatic carbocycles. The Morgan fingerprint density at radius 2 is 0.900 bits per heavy atom. The first-order valence-electron chi connectivity index (χ1n) is 1.10. The second kappa shape index (κ2) is 16.1. The van der Waals surface area contributed by atoms with E-state index in [0.717, 1.165) is 0 Å². The van der Waals surface area contributed by atoms with E-state index < -0.39 is 10.2 Å². The first-order valence-corrected chi connectivity index (χ1v) is 1.10. The van der Waals surface area contributed by atoms with Crippen LogP contribution in [0.2, 0.25) is 0 Å². The van der Waals surface area contributed by atoms with E-state index >= 15 is 0 Å². The Labute approximate surface area is 97.3 Å². The molecule has 0 fully saturated rings. The Kier molecular flexibility index (Phi) is 36.1. The molecule has 0 heterocycles. The Balaban J connectivity index is -0.0000000112. The molecule has 0 saturated carbocycles. The maximum atomic E-state index is 8.25. The van der Waals surface area contributed by atoms with E-state index in [2.05, 4.69) is 0 Å². The predicted molar refractivity (Wildman–Crippen MR) is 28.7 cm³/mol. The summed E-state index contributed by atoms with van der Waals surface area (Å²) in [4.78, 5) is 16.5. The van der Waals surface area contributed by atoms with Gasteiger partial charge in [-0.1, -0.05) is 0 Å². The van der Waals surface area contributed by atoms with Crippen molar-refractivity contribution in [3.63, 3.8) is 0 Å². The molecule has 60 valence electrons. The third kappa shape index (κ3) is 17800. The van der Waals surface area contributed by atoms with E-state index in [4.69, 9.17) is 30.6 Å². The van der Waals surface area contributed by atoms with Gasteiger partial charge in [-0.25, -0.2) is 0 Å². The molecule has 0 spiro atoms. The first kappa shape index (κ1) is 22.5. The van der Waals surface area contributed by atoms with Crippen molar-refractivity contribution in [2.24, 2.45) is 0 Å². The Bertz CT molecular complexity index is 81.5. The summed E-state index contributed by atoms with van der Waals surface area (Å²) in [6.45, 7) is 0. The molecule has 0 unspecified atom stereocenters. The van der Waals surface area contributed by atoms with E-state index in [1.807, 2.05) is 0 Å². The molecule has 0 saturated heterocycles. The monoisotopic (exact) mass is 224 g/mol. The molecule has 0 aromatic heterocycles. The second-order valence-electron chi connectivity index (χ2n) is 0.447. The van der Waals surface area contributed by atoms with Crippen molar-refractivity contribution in [3.8, 4) is 0 Å². The minimum atomic E-state index is -1.75. The molecule has 0 amide bonds. The van der Waals surface area contributed by atoms with Crippen molar-refractivity contribution >= 4 is 37.7 Å². The predicted octanol–water partition coefficient (Wildman–Crippen LogP) is -0.637. The third-order valence-corrected chi connectivity index (χ3v) is 0. The molecule has 8 nitrogen and oxygen atoms in total. The molecule has 0 atom stereocenters. The van der Waals surface area contributed by atoms with Crippen LogP contribution < -0.4 is 0 Å². The number of hydrogen-bond acceptors (Lipinski definition) is 6. The van der Waals surface area contributed by atoms with E-state index in [1.165, 1.54) is 0 Å². The zero-order chi connectivity index (χ0) is 7.15. The Morgan fingerprint density at radius 1 is 0.900 bits per heavy atom. The van der Waals surface area contributed by atoms with Gasteiger partial charge in [0.1, 0.15) is 0 Å². The van der Waals surface area contributed by atoms with Crippen LogP contribution in [0.25, 0.3) is 0 Å². The molecule has 0 aliphatic heterocycles. The Hall–Kier alpha value is 0.153. The maximum absolute atomic E-state index is 8.25. The summed E-state index contributed by atoms with van der Waals surface area (Å²) in [6.07, 6.45) is 0. The summed E-state index contributed by atoms with van der Waals surface area (Å²) in [5.74, 6) is 0. The molecule has 10 heavy (non-hydrogen) atoms. The van der Waals surface area contributed by atoms with Crippen molar-refractivity contribution in [2.75, 3.05) is 0 Å². The molecule has 0 rings (SSSR count). The van der Waals surface area contributed by atoms with Crippen LogP contribution in [0.3, 0.4) is 0 Å². The van der Waals surface area contributed by atoms with Gasteiger partial charge in [0, 0.05) is 0 Å². The average molecular weight is 225 g/mol. The van der Waals surface area contributed by atoms with Gasteiger partial charge in [0.05, 0.1) is 10.2 Å². The summed E-state index contributed by atoms with van der Waals surface area (Å²) >= 11 is 0. The van der Waals surface area contributed by atoms with Crippen LogP contribution >= 0.6 is 0 Å². The van der Waals surface area contributed by atoms with Crippen molar-refractivity contribution in [1.29, 1.82) is 0 Å². The fraction of sp³-hybridized carbons (Fsp3) is 0. The molecular weight excluding hydrogens is 223 g/mol. The summed E-state index contributed by atoms with van der Waals surface area (Å²) < 4.78 is 0. The average Bonchev–Trinajstić information content (AvgIpc) is 1.25. The minimum absolute atomic E-state index is 0. The first-order chi connectivity index (χ1) is 3.46. The van der Waals surface area contributed by atoms with Crippen LogP contribution in [0.4, 0.5) is 0 Å². The van der Waals surface area contributed by atoms with Crippen LogP contribution in [0.5, 0.6) is 0 Å². The van der Waals surface area contributed by atoms with Gasteiger partial charge in [0.15, 0.2) is 0 Å². The van der Waals surface area contributed by atoms with Crippen LogP contribution in [0, 0.1) is 30.6 Å². The van der Waals surface area contributed by atoms with Gasteiger partial charge < -0.3 is 33.5 Å². The van der Waals surface area contributed by atoms with Crippen molar-refractivity contribution < 1.29 is 29.5 Å². The quantitative estimate of drug-likeness (QED) is 0.305. The number of hydrogen-bond donors (Lipinski definition) is 0. The third-order valence-electron chi connectivity index (χ3n) is 0. The zero-order valence-corrected chi connectivity index (χ0v) is 7.56. The van der Waals surface area contributed by atoms with Crippen LogP contribution in [0.1, 0.15) is 2.85 Å². The molecule has 0 aliphatic carbocycles. The van der Waals surface area contributed by atoms with E-state index in [9.17, 15) is 0 Å². The largest absolute Gasteiger partial charge is 2.00 e. The molecule has 10 heteroatoms. The number of rotatable bonds is 0. The standard InChI is InChI=1S/Ca.2NO3.Ni.2H/c;2*2-1(3)4;;;/q+2;2*-1;+2;2*-1. The van der Waals surface area contributed by atoms with Gasteiger partial charge in [0.2, 0.25) is 0 Å². The molecule has 0 radical (unpaired) electrons. The molecule has 0 N–H and O–H groups in total. The maximum Gasteiger partial charge on any atom is 2.00 e. The fourth-order valence-electron chi connectivity index (χ4n) is 0. The normalized spacial score (nSPS) is 4.80. The van der Waals surface area contributed by atoms with Crippen LogP contribution in [-0.4, -0.2) is 47.9 Å².